The summed E-state index contributed by atoms with van der Waals surface area (Å²) in [6, 6.07) is 9.75. The van der Waals surface area contributed by atoms with E-state index in [-0.39, 0.29) is 0 Å². The number of carboxylic acids is 1. The van der Waals surface area contributed by atoms with Gasteiger partial charge in [-0.15, -0.1) is 0 Å². The van der Waals surface area contributed by atoms with Crippen LogP contribution in [-0.2, 0) is 24.2 Å². The summed E-state index contributed by atoms with van der Waals surface area (Å²) in [5.74, 6) is 0.00669. The van der Waals surface area contributed by atoms with Crippen LogP contribution in [0.3, 0.4) is 0 Å². The van der Waals surface area contributed by atoms with Crippen molar-refractivity contribution in [3.05, 3.63) is 59.7 Å². The molecule has 0 aliphatic carbocycles. The molecule has 5 heteroatoms. The first-order valence-corrected chi connectivity index (χ1v) is 8.49. The number of unbranched alkanes of at least 4 members (excludes halogenated alkanes) is 1. The van der Waals surface area contributed by atoms with Gasteiger partial charge in [0.2, 0.25) is 0 Å². The van der Waals surface area contributed by atoms with Crippen molar-refractivity contribution in [3.8, 4) is 0 Å². The Morgan fingerprint density at radius 3 is 2.46 bits per heavy atom. The maximum Gasteiger partial charge on any atom is 0.320 e. The van der Waals surface area contributed by atoms with Crippen LogP contribution in [0.15, 0.2) is 42.7 Å². The minimum atomic E-state index is -0.802. The van der Waals surface area contributed by atoms with Gasteiger partial charge in [0.1, 0.15) is 11.9 Å². The SMILES string of the molecule is CCCC[C@H](NCc1cnc(CCc2ccccc2)nc1)C(=O)O. The molecule has 0 unspecified atom stereocenters. The summed E-state index contributed by atoms with van der Waals surface area (Å²) >= 11 is 0. The van der Waals surface area contributed by atoms with Crippen LogP contribution >= 0.6 is 0 Å². The van der Waals surface area contributed by atoms with Crippen molar-refractivity contribution in [2.45, 2.75) is 51.6 Å². The second-order valence-electron chi connectivity index (χ2n) is 5.91. The average molecular weight is 327 g/mol. The highest BCUT2D eigenvalue weighted by Gasteiger charge is 2.15. The number of hydrogen-bond acceptors (Lipinski definition) is 4. The molecule has 0 saturated carbocycles. The van der Waals surface area contributed by atoms with Crippen molar-refractivity contribution in [2.75, 3.05) is 0 Å². The minimum Gasteiger partial charge on any atom is -0.480 e. The number of rotatable bonds is 10. The molecule has 1 aromatic carbocycles. The minimum absolute atomic E-state index is 0.472. The number of nitrogens with one attached hydrogen (secondary N) is 1. The summed E-state index contributed by atoms with van der Waals surface area (Å²) in [6.07, 6.45) is 7.80. The van der Waals surface area contributed by atoms with Gasteiger partial charge in [0, 0.05) is 30.9 Å². The Bertz CT molecular complexity index is 614. The molecule has 0 radical (unpaired) electrons. The van der Waals surface area contributed by atoms with Crippen LogP contribution in [0.4, 0.5) is 0 Å². The van der Waals surface area contributed by atoms with Gasteiger partial charge in [0.15, 0.2) is 0 Å². The van der Waals surface area contributed by atoms with Gasteiger partial charge in [-0.25, -0.2) is 9.97 Å². The Labute approximate surface area is 143 Å². The Balaban J connectivity index is 1.81. The van der Waals surface area contributed by atoms with Crippen molar-refractivity contribution in [1.29, 1.82) is 0 Å². The molecule has 1 atom stereocenters. The van der Waals surface area contributed by atoms with E-state index in [0.29, 0.717) is 13.0 Å². The Morgan fingerprint density at radius 1 is 1.12 bits per heavy atom. The van der Waals surface area contributed by atoms with Gasteiger partial charge in [0.25, 0.3) is 0 Å². The molecular weight excluding hydrogens is 302 g/mol. The number of benzene rings is 1. The first-order valence-electron chi connectivity index (χ1n) is 8.49. The molecule has 2 rings (SSSR count). The first kappa shape index (κ1) is 18.1. The zero-order valence-electron chi connectivity index (χ0n) is 14.1. The molecule has 1 aromatic heterocycles. The van der Waals surface area contributed by atoms with Gasteiger partial charge in [-0.05, 0) is 18.4 Å². The van der Waals surface area contributed by atoms with Crippen LogP contribution in [0.2, 0.25) is 0 Å². The van der Waals surface area contributed by atoms with Gasteiger partial charge in [-0.3, -0.25) is 4.79 Å². The number of carboxylic acid groups (broad SMARTS) is 1. The molecule has 128 valence electrons. The van der Waals surface area contributed by atoms with Gasteiger partial charge in [-0.1, -0.05) is 50.1 Å². The summed E-state index contributed by atoms with van der Waals surface area (Å²) in [4.78, 5) is 20.0. The summed E-state index contributed by atoms with van der Waals surface area (Å²) in [5, 5.41) is 12.3. The topological polar surface area (TPSA) is 75.1 Å². The molecule has 1 heterocycles. The Morgan fingerprint density at radius 2 is 1.83 bits per heavy atom. The van der Waals surface area contributed by atoms with E-state index >= 15 is 0 Å². The molecule has 0 aliphatic heterocycles. The summed E-state index contributed by atoms with van der Waals surface area (Å²) < 4.78 is 0. The van der Waals surface area contributed by atoms with Crippen molar-refractivity contribution < 1.29 is 9.90 Å². The molecule has 5 nitrogen and oxygen atoms in total. The van der Waals surface area contributed by atoms with Crippen molar-refractivity contribution in [3.63, 3.8) is 0 Å². The van der Waals surface area contributed by atoms with E-state index in [2.05, 4.69) is 34.3 Å². The van der Waals surface area contributed by atoms with E-state index in [9.17, 15) is 9.90 Å². The highest BCUT2D eigenvalue weighted by Crippen LogP contribution is 2.06. The van der Waals surface area contributed by atoms with Crippen molar-refractivity contribution in [1.82, 2.24) is 15.3 Å². The number of aliphatic carboxylic acids is 1. The van der Waals surface area contributed by atoms with Gasteiger partial charge in [-0.2, -0.15) is 0 Å². The molecule has 2 aromatic rings. The largest absolute Gasteiger partial charge is 0.480 e. The molecule has 0 fully saturated rings. The van der Waals surface area contributed by atoms with E-state index in [4.69, 9.17) is 0 Å². The molecule has 0 bridgehead atoms. The zero-order valence-corrected chi connectivity index (χ0v) is 14.1. The lowest BCUT2D eigenvalue weighted by Crippen LogP contribution is -2.36. The second-order valence-corrected chi connectivity index (χ2v) is 5.91. The molecular formula is C19H25N3O2. The smallest absolute Gasteiger partial charge is 0.320 e. The van der Waals surface area contributed by atoms with Gasteiger partial charge in [0.05, 0.1) is 0 Å². The lowest BCUT2D eigenvalue weighted by molar-refractivity contribution is -0.139. The van der Waals surface area contributed by atoms with E-state index in [1.165, 1.54) is 5.56 Å². The second kappa shape index (κ2) is 9.78. The third-order valence-electron chi connectivity index (χ3n) is 3.94. The highest BCUT2D eigenvalue weighted by molar-refractivity contribution is 5.73. The number of aromatic nitrogens is 2. The fraction of sp³-hybridized carbons (Fsp3) is 0.421. The summed E-state index contributed by atoms with van der Waals surface area (Å²) in [7, 11) is 0. The zero-order chi connectivity index (χ0) is 17.2. The number of hydrogen-bond donors (Lipinski definition) is 2. The summed E-state index contributed by atoms with van der Waals surface area (Å²) in [6.45, 7) is 2.53. The van der Waals surface area contributed by atoms with E-state index in [0.717, 1.165) is 37.1 Å². The molecule has 0 spiro atoms. The first-order chi connectivity index (χ1) is 11.7. The molecule has 0 saturated heterocycles. The molecule has 0 aliphatic rings. The Hall–Kier alpha value is -2.27. The normalized spacial score (nSPS) is 12.0. The third kappa shape index (κ3) is 6.08. The third-order valence-corrected chi connectivity index (χ3v) is 3.94. The number of carbonyl (C=O) groups is 1. The van der Waals surface area contributed by atoms with Crippen molar-refractivity contribution >= 4 is 5.97 Å². The predicted molar refractivity (Wildman–Crippen MR) is 93.7 cm³/mol. The van der Waals surface area contributed by atoms with Crippen LogP contribution in [0.1, 0.15) is 43.1 Å². The van der Waals surface area contributed by atoms with Crippen LogP contribution in [0.5, 0.6) is 0 Å². The maximum absolute atomic E-state index is 11.2. The van der Waals surface area contributed by atoms with E-state index in [1.54, 1.807) is 12.4 Å². The van der Waals surface area contributed by atoms with Crippen LogP contribution < -0.4 is 5.32 Å². The monoisotopic (exact) mass is 327 g/mol. The standard InChI is InChI=1S/C19H25N3O2/c1-2-3-9-17(19(23)24)20-12-16-13-21-18(22-14-16)11-10-15-7-5-4-6-8-15/h4-8,13-14,17,20H,2-3,9-12H2,1H3,(H,23,24)/t17-/m0/s1. The lowest BCUT2D eigenvalue weighted by Gasteiger charge is -2.13. The quantitative estimate of drug-likeness (QED) is 0.701. The number of aryl methyl sites for hydroxylation is 2. The average Bonchev–Trinajstić information content (AvgIpc) is 2.61. The van der Waals surface area contributed by atoms with Crippen molar-refractivity contribution in [2.24, 2.45) is 0 Å². The highest BCUT2D eigenvalue weighted by atomic mass is 16.4. The molecule has 0 amide bonds. The lowest BCUT2D eigenvalue weighted by atomic mass is 10.1. The van der Waals surface area contributed by atoms with E-state index < -0.39 is 12.0 Å². The fourth-order valence-electron chi connectivity index (χ4n) is 2.46. The molecule has 2 N–H and O–H groups in total. The van der Waals surface area contributed by atoms with Crippen LogP contribution in [-0.4, -0.2) is 27.1 Å². The summed E-state index contributed by atoms with van der Waals surface area (Å²) in [5.41, 5.74) is 2.17. The Kier molecular flexibility index (Phi) is 7.36. The van der Waals surface area contributed by atoms with Crippen LogP contribution in [0.25, 0.3) is 0 Å². The van der Waals surface area contributed by atoms with E-state index in [1.807, 2.05) is 18.2 Å². The van der Waals surface area contributed by atoms with Gasteiger partial charge < -0.3 is 10.4 Å². The van der Waals surface area contributed by atoms with Gasteiger partial charge >= 0.3 is 5.97 Å². The van der Waals surface area contributed by atoms with Crippen LogP contribution in [0, 0.1) is 0 Å². The molecule has 24 heavy (non-hydrogen) atoms. The fourth-order valence-corrected chi connectivity index (χ4v) is 2.46. The number of nitrogens with zero attached hydrogens (tertiary/aromatic N) is 2. The predicted octanol–water partition coefficient (Wildman–Crippen LogP) is 2.99. The maximum atomic E-state index is 11.2.